The van der Waals surface area contributed by atoms with Gasteiger partial charge in [0, 0.05) is 24.1 Å². The van der Waals surface area contributed by atoms with Crippen molar-refractivity contribution in [2.24, 2.45) is 0 Å². The van der Waals surface area contributed by atoms with E-state index in [1.165, 1.54) is 6.07 Å². The van der Waals surface area contributed by atoms with E-state index in [-0.39, 0.29) is 22.9 Å². The molecule has 0 saturated heterocycles. The minimum Gasteiger partial charge on any atom is -0.457 e. The molecule has 0 heterocycles. The zero-order valence-electron chi connectivity index (χ0n) is 10.3. The largest absolute Gasteiger partial charge is 0.457 e. The van der Waals surface area contributed by atoms with Crippen LogP contribution in [0.1, 0.15) is 11.1 Å². The first-order valence-corrected chi connectivity index (χ1v) is 6.23. The highest BCUT2D eigenvalue weighted by Gasteiger charge is 2.33. The van der Waals surface area contributed by atoms with Crippen molar-refractivity contribution < 1.29 is 26.7 Å². The maximum absolute atomic E-state index is 13.0. The normalized spacial score (nSPS) is 11.5. The lowest BCUT2D eigenvalue weighted by atomic mass is 10.1. The second-order valence-corrected chi connectivity index (χ2v) is 4.42. The van der Waals surface area contributed by atoms with Crippen molar-refractivity contribution >= 4 is 11.6 Å². The van der Waals surface area contributed by atoms with Crippen LogP contribution in [0, 0.1) is 11.6 Å². The highest BCUT2D eigenvalue weighted by molar-refractivity contribution is 6.17. The van der Waals surface area contributed by atoms with Gasteiger partial charge in [-0.05, 0) is 17.7 Å². The van der Waals surface area contributed by atoms with Gasteiger partial charge in [0.05, 0.1) is 5.56 Å². The zero-order chi connectivity index (χ0) is 15.6. The average Bonchev–Trinajstić information content (AvgIpc) is 2.36. The standard InChI is InChI=1S/C14H8ClF5O/c15-7-8-1-2-11(6-13(8)14(18,19)20)21-12-4-9(16)3-10(17)5-12/h1-6H,7H2. The zero-order valence-corrected chi connectivity index (χ0v) is 11.1. The third kappa shape index (κ3) is 3.85. The van der Waals surface area contributed by atoms with Gasteiger partial charge in [-0.3, -0.25) is 0 Å². The summed E-state index contributed by atoms with van der Waals surface area (Å²) in [5.41, 5.74) is -1.06. The predicted octanol–water partition coefficient (Wildman–Crippen LogP) is 5.51. The monoisotopic (exact) mass is 322 g/mol. The van der Waals surface area contributed by atoms with Gasteiger partial charge in [-0.25, -0.2) is 8.78 Å². The molecule has 0 atom stereocenters. The number of benzene rings is 2. The van der Waals surface area contributed by atoms with Crippen molar-refractivity contribution in [2.75, 3.05) is 0 Å². The van der Waals surface area contributed by atoms with Crippen LogP contribution in [0.3, 0.4) is 0 Å². The minimum absolute atomic E-state index is 0.109. The van der Waals surface area contributed by atoms with Gasteiger partial charge in [0.25, 0.3) is 0 Å². The Bertz CT molecular complexity index is 634. The average molecular weight is 323 g/mol. The molecule has 7 heteroatoms. The van der Waals surface area contributed by atoms with Gasteiger partial charge in [0.2, 0.25) is 0 Å². The van der Waals surface area contributed by atoms with E-state index in [0.717, 1.165) is 24.3 Å². The maximum Gasteiger partial charge on any atom is 0.416 e. The summed E-state index contributed by atoms with van der Waals surface area (Å²) in [6.45, 7) is 0. The Morgan fingerprint density at radius 3 is 2.05 bits per heavy atom. The number of hydrogen-bond acceptors (Lipinski definition) is 1. The summed E-state index contributed by atoms with van der Waals surface area (Å²) in [5, 5.41) is 0. The highest BCUT2D eigenvalue weighted by Crippen LogP contribution is 2.36. The Balaban J connectivity index is 2.37. The van der Waals surface area contributed by atoms with Crippen molar-refractivity contribution in [2.45, 2.75) is 12.1 Å². The lowest BCUT2D eigenvalue weighted by Gasteiger charge is -2.13. The molecule has 0 amide bonds. The van der Waals surface area contributed by atoms with Gasteiger partial charge in [0.1, 0.15) is 23.1 Å². The van der Waals surface area contributed by atoms with Crippen LogP contribution in [0.25, 0.3) is 0 Å². The van der Waals surface area contributed by atoms with Gasteiger partial charge < -0.3 is 4.74 Å². The molecular formula is C14H8ClF5O. The first-order valence-electron chi connectivity index (χ1n) is 5.69. The Morgan fingerprint density at radius 1 is 0.905 bits per heavy atom. The summed E-state index contributed by atoms with van der Waals surface area (Å²) in [6, 6.07) is 5.50. The molecule has 0 radical (unpaired) electrons. The SMILES string of the molecule is Fc1cc(F)cc(Oc2ccc(CCl)c(C(F)(F)F)c2)c1. The van der Waals surface area contributed by atoms with Crippen LogP contribution in [0.5, 0.6) is 11.5 Å². The van der Waals surface area contributed by atoms with E-state index in [0.29, 0.717) is 6.07 Å². The van der Waals surface area contributed by atoms with Crippen LogP contribution in [0.15, 0.2) is 36.4 Å². The summed E-state index contributed by atoms with van der Waals surface area (Å²) in [7, 11) is 0. The number of rotatable bonds is 3. The molecule has 0 aliphatic carbocycles. The van der Waals surface area contributed by atoms with E-state index in [9.17, 15) is 22.0 Å². The molecule has 0 aliphatic rings. The van der Waals surface area contributed by atoms with Crippen LogP contribution in [0.2, 0.25) is 0 Å². The van der Waals surface area contributed by atoms with Crippen LogP contribution in [-0.4, -0.2) is 0 Å². The number of hydrogen-bond donors (Lipinski definition) is 0. The van der Waals surface area contributed by atoms with Gasteiger partial charge in [-0.15, -0.1) is 11.6 Å². The van der Waals surface area contributed by atoms with Gasteiger partial charge in [0.15, 0.2) is 0 Å². The maximum atomic E-state index is 13.0. The van der Waals surface area contributed by atoms with E-state index in [1.807, 2.05) is 0 Å². The summed E-state index contributed by atoms with van der Waals surface area (Å²) in [5.74, 6) is -2.53. The van der Waals surface area contributed by atoms with E-state index in [2.05, 4.69) is 0 Å². The first-order chi connectivity index (χ1) is 9.79. The van der Waals surface area contributed by atoms with Gasteiger partial charge in [-0.2, -0.15) is 13.2 Å². The Hall–Kier alpha value is -1.82. The third-order valence-electron chi connectivity index (χ3n) is 2.60. The summed E-state index contributed by atoms with van der Waals surface area (Å²) >= 11 is 5.45. The Kier molecular flexibility index (Phi) is 4.37. The molecule has 0 bridgehead atoms. The summed E-state index contributed by atoms with van der Waals surface area (Å²) < 4.78 is 69.6. The quantitative estimate of drug-likeness (QED) is 0.534. The lowest BCUT2D eigenvalue weighted by Crippen LogP contribution is -2.08. The topological polar surface area (TPSA) is 9.23 Å². The fourth-order valence-corrected chi connectivity index (χ4v) is 1.96. The van der Waals surface area contributed by atoms with Crippen molar-refractivity contribution in [3.8, 4) is 11.5 Å². The summed E-state index contributed by atoms with van der Waals surface area (Å²) in [4.78, 5) is 0. The van der Waals surface area contributed by atoms with Crippen molar-refractivity contribution in [3.05, 3.63) is 59.2 Å². The molecule has 2 aromatic rings. The highest BCUT2D eigenvalue weighted by atomic mass is 35.5. The number of alkyl halides is 4. The van der Waals surface area contributed by atoms with Crippen LogP contribution in [-0.2, 0) is 12.1 Å². The molecule has 21 heavy (non-hydrogen) atoms. The van der Waals surface area contributed by atoms with E-state index < -0.39 is 23.4 Å². The second kappa shape index (κ2) is 5.89. The number of ether oxygens (including phenoxy) is 1. The molecule has 0 N–H and O–H groups in total. The van der Waals surface area contributed by atoms with Gasteiger partial charge >= 0.3 is 6.18 Å². The van der Waals surface area contributed by atoms with Crippen molar-refractivity contribution in [1.82, 2.24) is 0 Å². The van der Waals surface area contributed by atoms with E-state index in [1.54, 1.807) is 0 Å². The Labute approximate surface area is 121 Å². The molecule has 2 aromatic carbocycles. The minimum atomic E-state index is -4.60. The fraction of sp³-hybridized carbons (Fsp3) is 0.143. The van der Waals surface area contributed by atoms with Gasteiger partial charge in [-0.1, -0.05) is 6.07 Å². The molecule has 1 nitrogen and oxygen atoms in total. The molecular weight excluding hydrogens is 315 g/mol. The smallest absolute Gasteiger partial charge is 0.416 e. The molecule has 0 aromatic heterocycles. The Morgan fingerprint density at radius 2 is 1.52 bits per heavy atom. The van der Waals surface area contributed by atoms with E-state index in [4.69, 9.17) is 16.3 Å². The van der Waals surface area contributed by atoms with Crippen molar-refractivity contribution in [3.63, 3.8) is 0 Å². The first kappa shape index (κ1) is 15.6. The molecule has 2 rings (SSSR count). The van der Waals surface area contributed by atoms with Crippen molar-refractivity contribution in [1.29, 1.82) is 0 Å². The fourth-order valence-electron chi connectivity index (χ4n) is 1.72. The van der Waals surface area contributed by atoms with Crippen LogP contribution >= 0.6 is 11.6 Å². The predicted molar refractivity (Wildman–Crippen MR) is 67.4 cm³/mol. The second-order valence-electron chi connectivity index (χ2n) is 4.16. The van der Waals surface area contributed by atoms with Crippen LogP contribution < -0.4 is 4.74 Å². The number of halogens is 6. The molecule has 112 valence electrons. The lowest BCUT2D eigenvalue weighted by molar-refractivity contribution is -0.138. The molecule has 0 spiro atoms. The summed E-state index contributed by atoms with van der Waals surface area (Å²) in [6.07, 6.45) is -4.60. The molecule has 0 fully saturated rings. The molecule has 0 unspecified atom stereocenters. The molecule has 0 saturated carbocycles. The van der Waals surface area contributed by atoms with E-state index >= 15 is 0 Å². The third-order valence-corrected chi connectivity index (χ3v) is 2.89. The van der Waals surface area contributed by atoms with Crippen LogP contribution in [0.4, 0.5) is 22.0 Å². The molecule has 0 aliphatic heterocycles.